The molecular weight excluding hydrogens is 433 g/mol. The molecule has 0 radical (unpaired) electrons. The number of halogens is 1. The van der Waals surface area contributed by atoms with E-state index in [0.717, 1.165) is 34.1 Å². The molecule has 5 nitrogen and oxygen atoms in total. The van der Waals surface area contributed by atoms with Crippen LogP contribution in [0.15, 0.2) is 51.1 Å². The van der Waals surface area contributed by atoms with Crippen LogP contribution in [0.3, 0.4) is 0 Å². The number of fused-ring (bicyclic) bond motifs is 3. The van der Waals surface area contributed by atoms with Crippen molar-refractivity contribution in [2.75, 3.05) is 38.6 Å². The van der Waals surface area contributed by atoms with Crippen molar-refractivity contribution in [3.63, 3.8) is 0 Å². The van der Waals surface area contributed by atoms with Crippen LogP contribution in [-0.4, -0.2) is 56.9 Å². The maximum Gasteiger partial charge on any atom is 0.242 e. The Kier molecular flexibility index (Phi) is 5.32. The molecule has 2 saturated heterocycles. The van der Waals surface area contributed by atoms with Crippen molar-refractivity contribution in [1.29, 1.82) is 0 Å². The third-order valence-corrected chi connectivity index (χ3v) is 9.97. The molecule has 5 rings (SSSR count). The van der Waals surface area contributed by atoms with E-state index >= 15 is 0 Å². The van der Waals surface area contributed by atoms with Crippen LogP contribution >= 0.6 is 11.8 Å². The summed E-state index contributed by atoms with van der Waals surface area (Å²) in [5, 5.41) is 0. The first-order valence-electron chi connectivity index (χ1n) is 10.9. The molecule has 3 aliphatic rings. The lowest BCUT2D eigenvalue weighted by Crippen LogP contribution is -2.41. The SMILES string of the molecule is CN(C)S(=O)(=O)c1ccc2c(c1)N(CCC13CCCN1CCC3)c1ccc(F)cc1S2. The Labute approximate surface area is 188 Å². The number of hydrogen-bond donors (Lipinski definition) is 0. The number of anilines is 2. The number of benzene rings is 2. The van der Waals surface area contributed by atoms with E-state index < -0.39 is 10.0 Å². The molecule has 2 aromatic carbocycles. The monoisotopic (exact) mass is 461 g/mol. The molecule has 3 heterocycles. The highest BCUT2D eigenvalue weighted by molar-refractivity contribution is 7.99. The summed E-state index contributed by atoms with van der Waals surface area (Å²) in [6.07, 6.45) is 5.99. The van der Waals surface area contributed by atoms with Gasteiger partial charge in [0.15, 0.2) is 0 Å². The molecule has 0 amide bonds. The van der Waals surface area contributed by atoms with Gasteiger partial charge in [-0.15, -0.1) is 0 Å². The number of sulfonamides is 1. The molecular formula is C23H28FN3O2S2. The van der Waals surface area contributed by atoms with Crippen molar-refractivity contribution in [2.45, 2.75) is 52.3 Å². The molecule has 0 aliphatic carbocycles. The van der Waals surface area contributed by atoms with Gasteiger partial charge in [-0.25, -0.2) is 17.1 Å². The molecule has 3 aliphatic heterocycles. The van der Waals surface area contributed by atoms with Crippen LogP contribution in [0.2, 0.25) is 0 Å². The zero-order valence-corrected chi connectivity index (χ0v) is 19.6. The van der Waals surface area contributed by atoms with Gasteiger partial charge in [0.1, 0.15) is 5.82 Å². The van der Waals surface area contributed by atoms with Crippen LogP contribution in [0, 0.1) is 5.82 Å². The molecule has 0 spiro atoms. The molecule has 0 unspecified atom stereocenters. The van der Waals surface area contributed by atoms with E-state index in [-0.39, 0.29) is 16.3 Å². The highest BCUT2D eigenvalue weighted by Gasteiger charge is 2.44. The van der Waals surface area contributed by atoms with Gasteiger partial charge < -0.3 is 4.90 Å². The number of hydrogen-bond acceptors (Lipinski definition) is 5. The van der Waals surface area contributed by atoms with Crippen LogP contribution in [0.25, 0.3) is 0 Å². The molecule has 0 N–H and O–H groups in total. The molecule has 166 valence electrons. The zero-order valence-electron chi connectivity index (χ0n) is 18.0. The fourth-order valence-corrected chi connectivity index (χ4v) is 7.42. The van der Waals surface area contributed by atoms with Crippen molar-refractivity contribution in [3.8, 4) is 0 Å². The van der Waals surface area contributed by atoms with Crippen LogP contribution in [0.1, 0.15) is 32.1 Å². The number of rotatable bonds is 5. The maximum atomic E-state index is 14.0. The first kappa shape index (κ1) is 21.2. The molecule has 0 bridgehead atoms. The second-order valence-corrected chi connectivity index (χ2v) is 12.2. The smallest absolute Gasteiger partial charge is 0.242 e. The van der Waals surface area contributed by atoms with Crippen LogP contribution in [0.5, 0.6) is 0 Å². The molecule has 31 heavy (non-hydrogen) atoms. The Hall–Kier alpha value is -1.61. The van der Waals surface area contributed by atoms with E-state index in [4.69, 9.17) is 0 Å². The van der Waals surface area contributed by atoms with Gasteiger partial charge in [0.25, 0.3) is 0 Å². The number of nitrogens with zero attached hydrogens (tertiary/aromatic N) is 3. The van der Waals surface area contributed by atoms with Crippen molar-refractivity contribution < 1.29 is 12.8 Å². The lowest BCUT2D eigenvalue weighted by molar-refractivity contribution is 0.185. The standard InChI is InChI=1S/C23H28FN3O2S2/c1-25(2)31(28,29)18-6-8-21-20(16-18)27(19-7-5-17(24)15-22(19)30-21)14-11-23-9-3-12-26(23)13-4-10-23/h5-8,15-16H,3-4,9-14H2,1-2H3. The average Bonchev–Trinajstić information content (AvgIpc) is 3.30. The molecule has 0 atom stereocenters. The summed E-state index contributed by atoms with van der Waals surface area (Å²) in [5.41, 5.74) is 2.11. The zero-order chi connectivity index (χ0) is 21.8. The third-order valence-electron chi connectivity index (χ3n) is 7.04. The second kappa shape index (κ2) is 7.76. The Morgan fingerprint density at radius 3 is 2.48 bits per heavy atom. The van der Waals surface area contributed by atoms with Gasteiger partial charge in [-0.2, -0.15) is 0 Å². The first-order chi connectivity index (χ1) is 14.8. The highest BCUT2D eigenvalue weighted by Crippen LogP contribution is 2.50. The van der Waals surface area contributed by atoms with Gasteiger partial charge in [0.2, 0.25) is 10.0 Å². The van der Waals surface area contributed by atoms with Crippen LogP contribution < -0.4 is 4.90 Å². The summed E-state index contributed by atoms with van der Waals surface area (Å²) in [6, 6.07) is 10.2. The Balaban J connectivity index is 1.54. The summed E-state index contributed by atoms with van der Waals surface area (Å²) < 4.78 is 40.8. The minimum absolute atomic E-state index is 0.252. The van der Waals surface area contributed by atoms with Gasteiger partial charge in [-0.3, -0.25) is 4.90 Å². The summed E-state index contributed by atoms with van der Waals surface area (Å²) in [6.45, 7) is 3.15. The lowest BCUT2D eigenvalue weighted by atomic mass is 9.90. The third kappa shape index (κ3) is 3.57. The van der Waals surface area contributed by atoms with Gasteiger partial charge in [-0.05, 0) is 81.6 Å². The van der Waals surface area contributed by atoms with Crippen molar-refractivity contribution in [1.82, 2.24) is 9.21 Å². The summed E-state index contributed by atoms with van der Waals surface area (Å²) in [4.78, 5) is 6.98. The normalized spacial score (nSPS) is 20.1. The Bertz CT molecular complexity index is 1110. The van der Waals surface area contributed by atoms with E-state index in [9.17, 15) is 12.8 Å². The largest absolute Gasteiger partial charge is 0.340 e. The Morgan fingerprint density at radius 2 is 1.77 bits per heavy atom. The quantitative estimate of drug-likeness (QED) is 0.646. The highest BCUT2D eigenvalue weighted by atomic mass is 32.2. The van der Waals surface area contributed by atoms with Gasteiger partial charge in [0, 0.05) is 36.0 Å². The van der Waals surface area contributed by atoms with E-state index in [1.165, 1.54) is 60.9 Å². The molecule has 2 aromatic rings. The van der Waals surface area contributed by atoms with E-state index in [2.05, 4.69) is 9.80 Å². The van der Waals surface area contributed by atoms with Crippen LogP contribution in [-0.2, 0) is 10.0 Å². The van der Waals surface area contributed by atoms with E-state index in [1.54, 1.807) is 32.3 Å². The topological polar surface area (TPSA) is 43.9 Å². The van der Waals surface area contributed by atoms with E-state index in [0.29, 0.717) is 0 Å². The molecule has 0 saturated carbocycles. The summed E-state index contributed by atoms with van der Waals surface area (Å²) in [5.74, 6) is -0.252. The Morgan fingerprint density at radius 1 is 1.03 bits per heavy atom. The predicted octanol–water partition coefficient (Wildman–Crippen LogP) is 4.70. The minimum Gasteiger partial charge on any atom is -0.340 e. The average molecular weight is 462 g/mol. The summed E-state index contributed by atoms with van der Waals surface area (Å²) >= 11 is 1.50. The van der Waals surface area contributed by atoms with Crippen molar-refractivity contribution in [3.05, 3.63) is 42.2 Å². The molecule has 0 aromatic heterocycles. The fraction of sp³-hybridized carbons (Fsp3) is 0.478. The molecule has 2 fully saturated rings. The van der Waals surface area contributed by atoms with Gasteiger partial charge >= 0.3 is 0 Å². The molecule has 8 heteroatoms. The van der Waals surface area contributed by atoms with Crippen LogP contribution in [0.4, 0.5) is 15.8 Å². The maximum absolute atomic E-state index is 14.0. The van der Waals surface area contributed by atoms with Gasteiger partial charge in [-0.1, -0.05) is 11.8 Å². The second-order valence-electron chi connectivity index (χ2n) is 8.95. The van der Waals surface area contributed by atoms with E-state index in [1.807, 2.05) is 12.1 Å². The van der Waals surface area contributed by atoms with Gasteiger partial charge in [0.05, 0.1) is 16.3 Å². The van der Waals surface area contributed by atoms with Crippen molar-refractivity contribution in [2.24, 2.45) is 0 Å². The minimum atomic E-state index is -3.53. The predicted molar refractivity (Wildman–Crippen MR) is 122 cm³/mol. The fourth-order valence-electron chi connectivity index (χ4n) is 5.40. The lowest BCUT2D eigenvalue weighted by Gasteiger charge is -2.38. The first-order valence-corrected chi connectivity index (χ1v) is 13.1. The van der Waals surface area contributed by atoms with Crippen molar-refractivity contribution >= 4 is 33.2 Å². The summed E-state index contributed by atoms with van der Waals surface area (Å²) in [7, 11) is -0.437.